The Balaban J connectivity index is 1.59. The molecule has 0 unspecified atom stereocenters. The Hall–Kier alpha value is -1.02. The van der Waals surface area contributed by atoms with Crippen LogP contribution >= 0.6 is 0 Å². The zero-order valence-corrected chi connectivity index (χ0v) is 12.8. The summed E-state index contributed by atoms with van der Waals surface area (Å²) in [6.07, 6.45) is 8.33. The zero-order chi connectivity index (χ0) is 13.8. The second kappa shape index (κ2) is 6.17. The molecule has 2 nitrogen and oxygen atoms in total. The Morgan fingerprint density at radius 1 is 1.05 bits per heavy atom. The largest absolute Gasteiger partial charge is 0.371 e. The Morgan fingerprint density at radius 2 is 1.75 bits per heavy atom. The van der Waals surface area contributed by atoms with Gasteiger partial charge in [0, 0.05) is 31.9 Å². The highest BCUT2D eigenvalue weighted by atomic mass is 15.1. The summed E-state index contributed by atoms with van der Waals surface area (Å²) < 4.78 is 0. The third-order valence-electron chi connectivity index (χ3n) is 5.12. The van der Waals surface area contributed by atoms with Crippen LogP contribution in [-0.2, 0) is 6.54 Å². The highest BCUT2D eigenvalue weighted by Gasteiger charge is 2.28. The lowest BCUT2D eigenvalue weighted by atomic mass is 9.89. The van der Waals surface area contributed by atoms with Gasteiger partial charge in [-0.3, -0.25) is 0 Å². The number of nitrogens with one attached hydrogen (secondary N) is 1. The van der Waals surface area contributed by atoms with Gasteiger partial charge in [-0.2, -0.15) is 0 Å². The maximum atomic E-state index is 3.72. The Kier molecular flexibility index (Phi) is 4.30. The summed E-state index contributed by atoms with van der Waals surface area (Å²) in [5.41, 5.74) is 3.47. The smallest absolute Gasteiger partial charge is 0.0411 e. The molecule has 20 heavy (non-hydrogen) atoms. The van der Waals surface area contributed by atoms with Crippen molar-refractivity contribution in [1.29, 1.82) is 0 Å². The van der Waals surface area contributed by atoms with Crippen molar-refractivity contribution in [2.45, 2.75) is 52.0 Å². The molecule has 2 aliphatic rings. The SMILES string of the molecule is CC1(CNCc2ccccc2N2CCCC2)CCCC1. The maximum Gasteiger partial charge on any atom is 0.0411 e. The van der Waals surface area contributed by atoms with Crippen LogP contribution in [0.5, 0.6) is 0 Å². The van der Waals surface area contributed by atoms with Crippen LogP contribution in [0, 0.1) is 5.41 Å². The van der Waals surface area contributed by atoms with E-state index in [1.54, 1.807) is 0 Å². The van der Waals surface area contributed by atoms with Crippen molar-refractivity contribution in [3.8, 4) is 0 Å². The molecular weight excluding hydrogens is 244 g/mol. The van der Waals surface area contributed by atoms with Gasteiger partial charge in [0.2, 0.25) is 0 Å². The van der Waals surface area contributed by atoms with E-state index in [1.807, 2.05) is 0 Å². The second-order valence-corrected chi connectivity index (χ2v) is 6.94. The van der Waals surface area contributed by atoms with E-state index in [0.29, 0.717) is 5.41 Å². The average Bonchev–Trinajstić information content (AvgIpc) is 3.11. The highest BCUT2D eigenvalue weighted by Crippen LogP contribution is 2.36. The summed E-state index contributed by atoms with van der Waals surface area (Å²) in [6.45, 7) is 7.09. The number of hydrogen-bond acceptors (Lipinski definition) is 2. The first kappa shape index (κ1) is 13.9. The molecule has 1 aliphatic carbocycles. The van der Waals surface area contributed by atoms with E-state index in [1.165, 1.54) is 69.4 Å². The predicted molar refractivity (Wildman–Crippen MR) is 86.2 cm³/mol. The molecule has 1 aromatic rings. The van der Waals surface area contributed by atoms with E-state index in [2.05, 4.69) is 41.4 Å². The normalized spacial score (nSPS) is 21.6. The molecule has 1 saturated heterocycles. The Morgan fingerprint density at radius 3 is 2.50 bits per heavy atom. The minimum Gasteiger partial charge on any atom is -0.371 e. The van der Waals surface area contributed by atoms with Crippen molar-refractivity contribution in [3.63, 3.8) is 0 Å². The minimum atomic E-state index is 0.544. The summed E-state index contributed by atoms with van der Waals surface area (Å²) in [5.74, 6) is 0. The van der Waals surface area contributed by atoms with Crippen LogP contribution in [-0.4, -0.2) is 19.6 Å². The Labute approximate surface area is 123 Å². The lowest BCUT2D eigenvalue weighted by Gasteiger charge is -2.25. The van der Waals surface area contributed by atoms with Gasteiger partial charge < -0.3 is 10.2 Å². The summed E-state index contributed by atoms with van der Waals surface area (Å²) in [4.78, 5) is 2.55. The van der Waals surface area contributed by atoms with Crippen LogP contribution < -0.4 is 10.2 Å². The molecule has 1 aromatic carbocycles. The van der Waals surface area contributed by atoms with E-state index in [4.69, 9.17) is 0 Å². The number of nitrogens with zero attached hydrogens (tertiary/aromatic N) is 1. The molecule has 0 aromatic heterocycles. The fourth-order valence-corrected chi connectivity index (χ4v) is 3.83. The number of hydrogen-bond donors (Lipinski definition) is 1. The number of benzene rings is 1. The van der Waals surface area contributed by atoms with E-state index < -0.39 is 0 Å². The molecule has 0 atom stereocenters. The van der Waals surface area contributed by atoms with Crippen molar-refractivity contribution in [1.82, 2.24) is 5.32 Å². The van der Waals surface area contributed by atoms with Crippen LogP contribution in [0.2, 0.25) is 0 Å². The van der Waals surface area contributed by atoms with E-state index in [9.17, 15) is 0 Å². The summed E-state index contributed by atoms with van der Waals surface area (Å²) in [6, 6.07) is 8.93. The molecule has 0 amide bonds. The first-order chi connectivity index (χ1) is 9.77. The van der Waals surface area contributed by atoms with Crippen molar-refractivity contribution in [2.24, 2.45) is 5.41 Å². The van der Waals surface area contributed by atoms with Gasteiger partial charge >= 0.3 is 0 Å². The molecule has 1 saturated carbocycles. The molecule has 2 fully saturated rings. The minimum absolute atomic E-state index is 0.544. The van der Waals surface area contributed by atoms with Crippen LogP contribution in [0.1, 0.15) is 51.0 Å². The molecule has 1 heterocycles. The maximum absolute atomic E-state index is 3.72. The van der Waals surface area contributed by atoms with Crippen molar-refractivity contribution in [2.75, 3.05) is 24.5 Å². The standard InChI is InChI=1S/C18H28N2/c1-18(10-4-5-11-18)15-19-14-16-8-2-3-9-17(16)20-12-6-7-13-20/h2-3,8-9,19H,4-7,10-15H2,1H3. The van der Waals surface area contributed by atoms with Gasteiger partial charge in [-0.05, 0) is 42.7 Å². The summed E-state index contributed by atoms with van der Waals surface area (Å²) in [7, 11) is 0. The fraction of sp³-hybridized carbons (Fsp3) is 0.667. The third-order valence-corrected chi connectivity index (χ3v) is 5.12. The predicted octanol–water partition coefficient (Wildman–Crippen LogP) is 3.96. The molecule has 0 radical (unpaired) electrons. The monoisotopic (exact) mass is 272 g/mol. The van der Waals surface area contributed by atoms with Gasteiger partial charge in [0.1, 0.15) is 0 Å². The summed E-state index contributed by atoms with van der Waals surface area (Å²) in [5, 5.41) is 3.72. The van der Waals surface area contributed by atoms with Gasteiger partial charge in [0.25, 0.3) is 0 Å². The first-order valence-corrected chi connectivity index (χ1v) is 8.30. The Bertz CT molecular complexity index is 429. The molecule has 2 heteroatoms. The molecule has 1 N–H and O–H groups in total. The van der Waals surface area contributed by atoms with Gasteiger partial charge in [-0.15, -0.1) is 0 Å². The molecular formula is C18H28N2. The first-order valence-electron chi connectivity index (χ1n) is 8.30. The quantitative estimate of drug-likeness (QED) is 0.873. The molecule has 3 rings (SSSR count). The van der Waals surface area contributed by atoms with Crippen LogP contribution in [0.25, 0.3) is 0 Å². The van der Waals surface area contributed by atoms with Gasteiger partial charge in [-0.25, -0.2) is 0 Å². The van der Waals surface area contributed by atoms with E-state index >= 15 is 0 Å². The lowest BCUT2D eigenvalue weighted by molar-refractivity contribution is 0.314. The van der Waals surface area contributed by atoms with Crippen LogP contribution in [0.3, 0.4) is 0 Å². The number of para-hydroxylation sites is 1. The number of anilines is 1. The average molecular weight is 272 g/mol. The lowest BCUT2D eigenvalue weighted by Crippen LogP contribution is -2.30. The topological polar surface area (TPSA) is 15.3 Å². The molecule has 110 valence electrons. The van der Waals surface area contributed by atoms with Crippen molar-refractivity contribution < 1.29 is 0 Å². The second-order valence-electron chi connectivity index (χ2n) is 6.94. The third kappa shape index (κ3) is 3.17. The zero-order valence-electron chi connectivity index (χ0n) is 12.8. The van der Waals surface area contributed by atoms with Gasteiger partial charge in [-0.1, -0.05) is 38.0 Å². The van der Waals surface area contributed by atoms with Crippen molar-refractivity contribution >= 4 is 5.69 Å². The number of rotatable bonds is 5. The summed E-state index contributed by atoms with van der Waals surface area (Å²) >= 11 is 0. The van der Waals surface area contributed by atoms with E-state index in [-0.39, 0.29) is 0 Å². The molecule has 1 aliphatic heterocycles. The fourth-order valence-electron chi connectivity index (χ4n) is 3.83. The van der Waals surface area contributed by atoms with Gasteiger partial charge in [0.15, 0.2) is 0 Å². The van der Waals surface area contributed by atoms with Gasteiger partial charge in [0.05, 0.1) is 0 Å². The van der Waals surface area contributed by atoms with Crippen LogP contribution in [0.15, 0.2) is 24.3 Å². The van der Waals surface area contributed by atoms with E-state index in [0.717, 1.165) is 6.54 Å². The highest BCUT2D eigenvalue weighted by molar-refractivity contribution is 5.54. The van der Waals surface area contributed by atoms with Crippen LogP contribution in [0.4, 0.5) is 5.69 Å². The molecule has 0 bridgehead atoms. The molecule has 0 spiro atoms. The van der Waals surface area contributed by atoms with Crippen molar-refractivity contribution in [3.05, 3.63) is 29.8 Å².